The van der Waals surface area contributed by atoms with Crippen molar-refractivity contribution < 1.29 is 27.9 Å². The first-order chi connectivity index (χ1) is 12.7. The van der Waals surface area contributed by atoms with Gasteiger partial charge in [0, 0.05) is 7.05 Å². The predicted octanol–water partition coefficient (Wildman–Crippen LogP) is 1.84. The van der Waals surface area contributed by atoms with Crippen LogP contribution in [-0.2, 0) is 21.0 Å². The van der Waals surface area contributed by atoms with E-state index in [2.05, 4.69) is 6.07 Å². The fourth-order valence-corrected chi connectivity index (χ4v) is 5.77. The van der Waals surface area contributed by atoms with Crippen molar-refractivity contribution in [2.24, 2.45) is 0 Å². The van der Waals surface area contributed by atoms with Crippen molar-refractivity contribution in [2.45, 2.75) is 37.3 Å². The maximum atomic E-state index is 12.3. The maximum Gasteiger partial charge on any atom is 0.415 e. The van der Waals surface area contributed by atoms with Crippen LogP contribution < -0.4 is 4.90 Å². The van der Waals surface area contributed by atoms with Crippen LogP contribution in [0.5, 0.6) is 0 Å². The standard InChI is InChI=1S/C18H22N2O6S/c1-19(17(21)22)10-16-15-9-13-8-12(11-4-6-27(24,25)7-5-11)2-3-14(13)20(15)18(23)26-16/h2-3,8,11,15-16H,4-7,9-10H2,1H3,(H,21,22)/t15-,16-/m0/s1. The van der Waals surface area contributed by atoms with Crippen molar-refractivity contribution >= 4 is 27.7 Å². The number of ether oxygens (including phenoxy) is 1. The Labute approximate surface area is 157 Å². The van der Waals surface area contributed by atoms with Gasteiger partial charge in [0.2, 0.25) is 0 Å². The Bertz CT molecular complexity index is 885. The summed E-state index contributed by atoms with van der Waals surface area (Å²) in [6.45, 7) is 0.129. The Morgan fingerprint density at radius 3 is 2.70 bits per heavy atom. The molecule has 4 rings (SSSR count). The lowest BCUT2D eigenvalue weighted by Crippen LogP contribution is -2.41. The summed E-state index contributed by atoms with van der Waals surface area (Å²) in [7, 11) is -1.45. The highest BCUT2D eigenvalue weighted by Gasteiger charge is 2.48. The zero-order chi connectivity index (χ0) is 19.3. The van der Waals surface area contributed by atoms with E-state index in [1.54, 1.807) is 4.90 Å². The van der Waals surface area contributed by atoms with E-state index in [9.17, 15) is 18.0 Å². The molecular weight excluding hydrogens is 372 g/mol. The van der Waals surface area contributed by atoms with Crippen molar-refractivity contribution in [1.82, 2.24) is 4.90 Å². The molecule has 9 heteroatoms. The molecule has 1 N–H and O–H groups in total. The maximum absolute atomic E-state index is 12.3. The largest absolute Gasteiger partial charge is 0.465 e. The van der Waals surface area contributed by atoms with Crippen LogP contribution in [0.25, 0.3) is 0 Å². The first kappa shape index (κ1) is 18.1. The first-order valence-corrected chi connectivity index (χ1v) is 10.8. The lowest BCUT2D eigenvalue weighted by atomic mass is 9.91. The van der Waals surface area contributed by atoms with E-state index < -0.39 is 28.1 Å². The number of amides is 2. The second-order valence-electron chi connectivity index (χ2n) is 7.54. The number of hydrogen-bond donors (Lipinski definition) is 1. The Morgan fingerprint density at radius 1 is 1.33 bits per heavy atom. The number of cyclic esters (lactones) is 1. The Hall–Kier alpha value is -2.29. The molecule has 2 fully saturated rings. The second kappa shape index (κ2) is 6.40. The second-order valence-corrected chi connectivity index (χ2v) is 9.84. The number of likely N-dealkylation sites (N-methyl/N-ethyl adjacent to an activating group) is 1. The number of fused-ring (bicyclic) bond motifs is 3. The van der Waals surface area contributed by atoms with Gasteiger partial charge in [-0.05, 0) is 42.4 Å². The topological polar surface area (TPSA) is 104 Å². The highest BCUT2D eigenvalue weighted by Crippen LogP contribution is 2.41. The number of sulfone groups is 1. The van der Waals surface area contributed by atoms with Crippen molar-refractivity contribution in [3.63, 3.8) is 0 Å². The van der Waals surface area contributed by atoms with Crippen LogP contribution in [0.1, 0.15) is 29.9 Å². The summed E-state index contributed by atoms with van der Waals surface area (Å²) in [5.41, 5.74) is 2.95. The normalized spacial score (nSPS) is 26.4. The monoisotopic (exact) mass is 394 g/mol. The molecule has 0 unspecified atom stereocenters. The van der Waals surface area contributed by atoms with Crippen LogP contribution in [0.3, 0.4) is 0 Å². The van der Waals surface area contributed by atoms with Crippen LogP contribution in [0.4, 0.5) is 15.3 Å². The molecule has 2 amide bonds. The Balaban J connectivity index is 1.53. The first-order valence-electron chi connectivity index (χ1n) is 9.02. The van der Waals surface area contributed by atoms with Gasteiger partial charge in [0.25, 0.3) is 0 Å². The molecule has 1 aromatic rings. The van der Waals surface area contributed by atoms with Crippen LogP contribution >= 0.6 is 0 Å². The molecule has 27 heavy (non-hydrogen) atoms. The van der Waals surface area contributed by atoms with E-state index in [0.717, 1.165) is 21.7 Å². The van der Waals surface area contributed by atoms with E-state index in [4.69, 9.17) is 9.84 Å². The molecule has 3 heterocycles. The molecule has 0 spiro atoms. The number of nitrogens with zero attached hydrogens (tertiary/aromatic N) is 2. The summed E-state index contributed by atoms with van der Waals surface area (Å²) in [5.74, 6) is 0.661. The van der Waals surface area contributed by atoms with Crippen LogP contribution in [-0.4, -0.2) is 67.9 Å². The molecule has 0 bridgehead atoms. The Morgan fingerprint density at radius 2 is 2.04 bits per heavy atom. The molecule has 3 aliphatic heterocycles. The SMILES string of the molecule is CN(C[C@@H]1OC(=O)N2c3ccc(C4CCS(=O)(=O)CC4)cc3C[C@@H]12)C(=O)O. The van der Waals surface area contributed by atoms with Gasteiger partial charge in [-0.2, -0.15) is 0 Å². The smallest absolute Gasteiger partial charge is 0.415 e. The molecule has 0 radical (unpaired) electrons. The minimum atomic E-state index is -2.90. The summed E-state index contributed by atoms with van der Waals surface area (Å²) >= 11 is 0. The number of anilines is 1. The quantitative estimate of drug-likeness (QED) is 0.839. The molecule has 2 atom stereocenters. The molecular formula is C18H22N2O6S. The lowest BCUT2D eigenvalue weighted by molar-refractivity contribution is 0.0961. The number of carbonyl (C=O) groups is 2. The van der Waals surface area contributed by atoms with Crippen LogP contribution in [0.15, 0.2) is 18.2 Å². The third kappa shape index (κ3) is 3.24. The third-order valence-electron chi connectivity index (χ3n) is 5.81. The molecule has 3 aliphatic rings. The minimum Gasteiger partial charge on any atom is -0.465 e. The van der Waals surface area contributed by atoms with Gasteiger partial charge < -0.3 is 14.7 Å². The predicted molar refractivity (Wildman–Crippen MR) is 98.0 cm³/mol. The van der Waals surface area contributed by atoms with E-state index >= 15 is 0 Å². The number of hydrogen-bond acceptors (Lipinski definition) is 5. The number of benzene rings is 1. The fraction of sp³-hybridized carbons (Fsp3) is 0.556. The molecule has 0 saturated carbocycles. The number of carbonyl (C=O) groups excluding carboxylic acids is 1. The summed E-state index contributed by atoms with van der Waals surface area (Å²) in [4.78, 5) is 26.1. The van der Waals surface area contributed by atoms with Crippen molar-refractivity contribution in [2.75, 3.05) is 30.0 Å². The van der Waals surface area contributed by atoms with E-state index in [-0.39, 0.29) is 30.0 Å². The van der Waals surface area contributed by atoms with Gasteiger partial charge in [-0.3, -0.25) is 4.90 Å². The number of carboxylic acid groups (broad SMARTS) is 1. The van der Waals surface area contributed by atoms with E-state index in [1.807, 2.05) is 12.1 Å². The molecule has 0 aromatic heterocycles. The van der Waals surface area contributed by atoms with Gasteiger partial charge in [0.15, 0.2) is 0 Å². The molecule has 1 aromatic carbocycles. The minimum absolute atomic E-state index is 0.129. The summed E-state index contributed by atoms with van der Waals surface area (Å²) in [6, 6.07) is 5.73. The molecule has 146 valence electrons. The molecule has 2 saturated heterocycles. The molecule has 0 aliphatic carbocycles. The van der Waals surface area contributed by atoms with Gasteiger partial charge in [0.05, 0.1) is 29.8 Å². The summed E-state index contributed by atoms with van der Waals surface area (Å²) < 4.78 is 28.7. The van der Waals surface area contributed by atoms with Gasteiger partial charge in [-0.15, -0.1) is 0 Å². The Kier molecular flexibility index (Phi) is 4.29. The van der Waals surface area contributed by atoms with Gasteiger partial charge >= 0.3 is 12.2 Å². The number of rotatable bonds is 3. The van der Waals surface area contributed by atoms with Crippen molar-refractivity contribution in [1.29, 1.82) is 0 Å². The fourth-order valence-electron chi connectivity index (χ4n) is 4.28. The van der Waals surface area contributed by atoms with Crippen molar-refractivity contribution in [3.8, 4) is 0 Å². The summed E-state index contributed by atoms with van der Waals surface area (Å²) in [6.07, 6.45) is -0.147. The summed E-state index contributed by atoms with van der Waals surface area (Å²) in [5, 5.41) is 9.07. The molecule has 8 nitrogen and oxygen atoms in total. The average molecular weight is 394 g/mol. The van der Waals surface area contributed by atoms with E-state index in [0.29, 0.717) is 19.3 Å². The lowest BCUT2D eigenvalue weighted by Gasteiger charge is -2.23. The van der Waals surface area contributed by atoms with Gasteiger partial charge in [-0.25, -0.2) is 18.0 Å². The van der Waals surface area contributed by atoms with Gasteiger partial charge in [-0.1, -0.05) is 12.1 Å². The highest BCUT2D eigenvalue weighted by molar-refractivity contribution is 7.91. The van der Waals surface area contributed by atoms with E-state index in [1.165, 1.54) is 7.05 Å². The zero-order valence-corrected chi connectivity index (χ0v) is 15.8. The highest BCUT2D eigenvalue weighted by atomic mass is 32.2. The van der Waals surface area contributed by atoms with Crippen LogP contribution in [0.2, 0.25) is 0 Å². The van der Waals surface area contributed by atoms with Gasteiger partial charge in [0.1, 0.15) is 15.9 Å². The average Bonchev–Trinajstić information content (AvgIpc) is 3.12. The third-order valence-corrected chi connectivity index (χ3v) is 7.52. The zero-order valence-electron chi connectivity index (χ0n) is 15.0. The van der Waals surface area contributed by atoms with Crippen molar-refractivity contribution in [3.05, 3.63) is 29.3 Å². The van der Waals surface area contributed by atoms with Crippen LogP contribution in [0, 0.1) is 0 Å².